The van der Waals surface area contributed by atoms with Gasteiger partial charge < -0.3 is 29.2 Å². The molecule has 0 aliphatic carbocycles. The number of benzene rings is 2. The lowest BCUT2D eigenvalue weighted by atomic mass is 9.94. The van der Waals surface area contributed by atoms with Gasteiger partial charge in [-0.1, -0.05) is 6.92 Å². The highest BCUT2D eigenvalue weighted by molar-refractivity contribution is 5.98. The maximum Gasteiger partial charge on any atom is 0.347 e. The van der Waals surface area contributed by atoms with Gasteiger partial charge in [0.25, 0.3) is 0 Å². The first kappa shape index (κ1) is 24.0. The lowest BCUT2D eigenvalue weighted by molar-refractivity contribution is -0.0128. The molecular weight excluding hydrogens is 404 g/mol. The Labute approximate surface area is 181 Å². The van der Waals surface area contributed by atoms with Crippen molar-refractivity contribution in [1.82, 2.24) is 0 Å². The summed E-state index contributed by atoms with van der Waals surface area (Å²) >= 11 is 0. The summed E-state index contributed by atoms with van der Waals surface area (Å²) in [5, 5.41) is 20.3. The molecule has 0 aliphatic heterocycles. The molecule has 2 aromatic rings. The zero-order valence-corrected chi connectivity index (χ0v) is 18.8. The third-order valence-corrected chi connectivity index (χ3v) is 5.20. The predicted octanol–water partition coefficient (Wildman–Crippen LogP) is 3.88. The SMILES string of the molecule is CCc1c(C)c(C(=O)OCOC)c(OC)c(C)c1OC(=O)c1c(C)cc(O)c(C)c1O. The largest absolute Gasteiger partial charge is 0.508 e. The average molecular weight is 432 g/mol. The van der Waals surface area contributed by atoms with E-state index in [4.69, 9.17) is 18.9 Å². The van der Waals surface area contributed by atoms with E-state index < -0.39 is 11.9 Å². The number of phenolic OH excluding ortho intramolecular Hbond substituents is 2. The molecule has 2 N–H and O–H groups in total. The summed E-state index contributed by atoms with van der Waals surface area (Å²) in [6.07, 6.45) is 0.462. The molecule has 0 saturated heterocycles. The number of carbonyl (C=O) groups is 2. The van der Waals surface area contributed by atoms with E-state index in [-0.39, 0.29) is 46.5 Å². The van der Waals surface area contributed by atoms with Crippen LogP contribution in [0.1, 0.15) is 55.5 Å². The van der Waals surface area contributed by atoms with E-state index in [9.17, 15) is 19.8 Å². The summed E-state index contributed by atoms with van der Waals surface area (Å²) in [5.74, 6) is -1.40. The van der Waals surface area contributed by atoms with Gasteiger partial charge in [0.2, 0.25) is 0 Å². The molecule has 8 heteroatoms. The van der Waals surface area contributed by atoms with Crippen LogP contribution in [0.5, 0.6) is 23.0 Å². The van der Waals surface area contributed by atoms with Crippen LogP contribution in [-0.2, 0) is 15.9 Å². The fraction of sp³-hybridized carbons (Fsp3) is 0.391. The van der Waals surface area contributed by atoms with Crippen molar-refractivity contribution in [2.24, 2.45) is 0 Å². The molecule has 0 saturated carbocycles. The molecule has 0 fully saturated rings. The summed E-state index contributed by atoms with van der Waals surface area (Å²) in [6.45, 7) is 8.12. The van der Waals surface area contributed by atoms with Gasteiger partial charge in [-0.3, -0.25) is 0 Å². The lowest BCUT2D eigenvalue weighted by Crippen LogP contribution is -2.17. The monoisotopic (exact) mass is 432 g/mol. The average Bonchev–Trinajstić information content (AvgIpc) is 2.72. The van der Waals surface area contributed by atoms with Crippen LogP contribution < -0.4 is 9.47 Å². The highest BCUT2D eigenvalue weighted by Gasteiger charge is 2.29. The number of phenols is 2. The molecule has 0 aromatic heterocycles. The molecule has 0 bridgehead atoms. The Bertz CT molecular complexity index is 1020. The second-order valence-corrected chi connectivity index (χ2v) is 7.11. The molecule has 0 atom stereocenters. The van der Waals surface area contributed by atoms with Crippen LogP contribution in [0.25, 0.3) is 0 Å². The molecule has 0 amide bonds. The van der Waals surface area contributed by atoms with E-state index >= 15 is 0 Å². The summed E-state index contributed by atoms with van der Waals surface area (Å²) in [6, 6.07) is 1.39. The fourth-order valence-corrected chi connectivity index (χ4v) is 3.54. The second kappa shape index (κ2) is 9.70. The van der Waals surface area contributed by atoms with Crippen LogP contribution in [0.2, 0.25) is 0 Å². The summed E-state index contributed by atoms with van der Waals surface area (Å²) in [4.78, 5) is 25.6. The number of hydrogen-bond donors (Lipinski definition) is 2. The van der Waals surface area contributed by atoms with Crippen molar-refractivity contribution in [1.29, 1.82) is 0 Å². The second-order valence-electron chi connectivity index (χ2n) is 7.11. The third kappa shape index (κ3) is 4.44. The van der Waals surface area contributed by atoms with Crippen LogP contribution in [-0.4, -0.2) is 43.2 Å². The minimum atomic E-state index is -0.785. The Morgan fingerprint density at radius 1 is 0.903 bits per heavy atom. The minimum Gasteiger partial charge on any atom is -0.508 e. The molecule has 2 aromatic carbocycles. The van der Waals surface area contributed by atoms with E-state index in [1.807, 2.05) is 6.92 Å². The van der Waals surface area contributed by atoms with Gasteiger partial charge in [0.05, 0.1) is 7.11 Å². The topological polar surface area (TPSA) is 112 Å². The molecule has 31 heavy (non-hydrogen) atoms. The maximum absolute atomic E-state index is 13.0. The van der Waals surface area contributed by atoms with E-state index in [0.29, 0.717) is 28.7 Å². The number of ether oxygens (including phenoxy) is 4. The van der Waals surface area contributed by atoms with Gasteiger partial charge in [-0.15, -0.1) is 0 Å². The number of aryl methyl sites for hydroxylation is 1. The number of rotatable bonds is 7. The van der Waals surface area contributed by atoms with Crippen LogP contribution >= 0.6 is 0 Å². The van der Waals surface area contributed by atoms with Crippen molar-refractivity contribution < 1.29 is 38.7 Å². The minimum absolute atomic E-state index is 0.0445. The fourth-order valence-electron chi connectivity index (χ4n) is 3.54. The summed E-state index contributed by atoms with van der Waals surface area (Å²) in [5.41, 5.74) is 2.35. The Balaban J connectivity index is 2.63. The Hall–Kier alpha value is -3.26. The van der Waals surface area contributed by atoms with Crippen molar-refractivity contribution in [3.63, 3.8) is 0 Å². The van der Waals surface area contributed by atoms with Crippen molar-refractivity contribution in [2.45, 2.75) is 41.0 Å². The zero-order chi connectivity index (χ0) is 23.5. The van der Waals surface area contributed by atoms with Crippen molar-refractivity contribution in [3.8, 4) is 23.0 Å². The standard InChI is InChI=1S/C23H28O8/c1-8-15-12(3)18(22(26)30-10-28-6)21(29-7)14(5)20(15)31-23(27)17-11(2)9-16(24)13(4)19(17)25/h9,24-25H,8,10H2,1-7H3. The van der Waals surface area contributed by atoms with E-state index in [1.165, 1.54) is 27.2 Å². The number of methoxy groups -OCH3 is 2. The Morgan fingerprint density at radius 2 is 1.55 bits per heavy atom. The molecule has 2 rings (SSSR count). The summed E-state index contributed by atoms with van der Waals surface area (Å²) in [7, 11) is 2.82. The van der Waals surface area contributed by atoms with Crippen LogP contribution in [0.3, 0.4) is 0 Å². The van der Waals surface area contributed by atoms with Gasteiger partial charge in [0.1, 0.15) is 34.1 Å². The first-order chi connectivity index (χ1) is 14.6. The van der Waals surface area contributed by atoms with Crippen molar-refractivity contribution in [2.75, 3.05) is 21.0 Å². The van der Waals surface area contributed by atoms with Gasteiger partial charge in [-0.05, 0) is 56.9 Å². The predicted molar refractivity (Wildman–Crippen MR) is 113 cm³/mol. The first-order valence-corrected chi connectivity index (χ1v) is 9.70. The molecule has 168 valence electrons. The van der Waals surface area contributed by atoms with Crippen molar-refractivity contribution in [3.05, 3.63) is 45.0 Å². The smallest absolute Gasteiger partial charge is 0.347 e. The first-order valence-electron chi connectivity index (χ1n) is 9.70. The summed E-state index contributed by atoms with van der Waals surface area (Å²) < 4.78 is 21.1. The highest BCUT2D eigenvalue weighted by atomic mass is 16.7. The number of hydrogen-bond acceptors (Lipinski definition) is 8. The van der Waals surface area contributed by atoms with E-state index in [1.54, 1.807) is 20.8 Å². The molecule has 0 radical (unpaired) electrons. The molecule has 8 nitrogen and oxygen atoms in total. The van der Waals surface area contributed by atoms with Gasteiger partial charge >= 0.3 is 11.9 Å². The van der Waals surface area contributed by atoms with Crippen LogP contribution in [0, 0.1) is 27.7 Å². The molecule has 0 heterocycles. The van der Waals surface area contributed by atoms with E-state index in [2.05, 4.69) is 0 Å². The van der Waals surface area contributed by atoms with Crippen molar-refractivity contribution >= 4 is 11.9 Å². The zero-order valence-electron chi connectivity index (χ0n) is 18.8. The van der Waals surface area contributed by atoms with Gasteiger partial charge in [0.15, 0.2) is 6.79 Å². The number of esters is 2. The van der Waals surface area contributed by atoms with Gasteiger partial charge in [-0.2, -0.15) is 0 Å². The van der Waals surface area contributed by atoms with Gasteiger partial charge in [0, 0.05) is 18.2 Å². The lowest BCUT2D eigenvalue weighted by Gasteiger charge is -2.21. The van der Waals surface area contributed by atoms with E-state index in [0.717, 1.165) is 0 Å². The number of aromatic hydroxyl groups is 2. The maximum atomic E-state index is 13.0. The third-order valence-electron chi connectivity index (χ3n) is 5.20. The highest BCUT2D eigenvalue weighted by Crippen LogP contribution is 2.40. The Kier molecular flexibility index (Phi) is 7.51. The van der Waals surface area contributed by atoms with Crippen LogP contribution in [0.15, 0.2) is 6.07 Å². The molecule has 0 spiro atoms. The van der Waals surface area contributed by atoms with Gasteiger partial charge in [-0.25, -0.2) is 9.59 Å². The Morgan fingerprint density at radius 3 is 2.10 bits per heavy atom. The molecule has 0 aliphatic rings. The molecular formula is C23H28O8. The van der Waals surface area contributed by atoms with Crippen LogP contribution in [0.4, 0.5) is 0 Å². The number of carbonyl (C=O) groups excluding carboxylic acids is 2. The quantitative estimate of drug-likeness (QED) is 0.385. The molecule has 0 unspecified atom stereocenters. The normalized spacial score (nSPS) is 10.7.